The first-order chi connectivity index (χ1) is 23.8. The molecule has 0 radical (unpaired) electrons. The molecular weight excluding hydrogens is 648 g/mol. The van der Waals surface area contributed by atoms with Crippen LogP contribution in [0.5, 0.6) is 11.5 Å². The Hall–Kier alpha value is -5.02. The molecule has 0 spiro atoms. The van der Waals surface area contributed by atoms with Gasteiger partial charge in [0.25, 0.3) is 11.9 Å². The summed E-state index contributed by atoms with van der Waals surface area (Å²) < 4.78 is 0. The van der Waals surface area contributed by atoms with Crippen LogP contribution in [0.25, 0.3) is 0 Å². The first-order valence-electron chi connectivity index (χ1n) is 16.1. The third kappa shape index (κ3) is 17.9. The summed E-state index contributed by atoms with van der Waals surface area (Å²) in [4.78, 5) is 41.7. The molecule has 0 saturated heterocycles. The zero-order valence-corrected chi connectivity index (χ0v) is 28.5. The zero-order valence-electron chi connectivity index (χ0n) is 28.5. The van der Waals surface area contributed by atoms with Gasteiger partial charge < -0.3 is 47.0 Å². The van der Waals surface area contributed by atoms with E-state index in [1.807, 2.05) is 4.90 Å². The molecule has 0 aromatic heterocycles. The number of rotatable bonds is 19. The van der Waals surface area contributed by atoms with Crippen LogP contribution >= 0.6 is 0 Å². The molecule has 14 heteroatoms. The van der Waals surface area contributed by atoms with Gasteiger partial charge in [-0.1, -0.05) is 36.4 Å². The lowest BCUT2D eigenvalue weighted by atomic mass is 10.0. The summed E-state index contributed by atoms with van der Waals surface area (Å²) in [5.41, 5.74) is 9.54. The lowest BCUT2D eigenvalue weighted by Gasteiger charge is -2.28. The molecular formula is C36H50N4O10. The first-order valence-corrected chi connectivity index (χ1v) is 16.1. The molecule has 3 rings (SSSR count). The number of aromatic hydroxyl groups is 2. The second-order valence-corrected chi connectivity index (χ2v) is 11.4. The number of hydrogen-bond donors (Lipinski definition) is 9. The van der Waals surface area contributed by atoms with Gasteiger partial charge >= 0.3 is 0 Å². The van der Waals surface area contributed by atoms with Crippen molar-refractivity contribution < 1.29 is 49.8 Å². The highest BCUT2D eigenvalue weighted by atomic mass is 16.4. The number of nitrogens with one attached hydrogen (secondary N) is 2. The summed E-state index contributed by atoms with van der Waals surface area (Å²) >= 11 is 0. The normalized spacial score (nSPS) is 11.6. The maximum Gasteiger partial charge on any atom is 0.300 e. The highest BCUT2D eigenvalue weighted by Crippen LogP contribution is 2.29. The van der Waals surface area contributed by atoms with Gasteiger partial charge in [-0.3, -0.25) is 24.1 Å². The summed E-state index contributed by atoms with van der Waals surface area (Å²) in [6, 6.07) is 17.7. The number of carbonyl (C=O) groups excluding carboxylic acids is 2. The number of aliphatic hydroxyl groups is 2. The monoisotopic (exact) mass is 698 g/mol. The minimum absolute atomic E-state index is 0.110. The summed E-state index contributed by atoms with van der Waals surface area (Å²) in [7, 11) is 0. The lowest BCUT2D eigenvalue weighted by molar-refractivity contribution is -0.135. The average molecular weight is 699 g/mol. The van der Waals surface area contributed by atoms with Crippen molar-refractivity contribution in [1.29, 1.82) is 0 Å². The number of hydrogen-bond acceptors (Lipinski definition) is 10. The largest absolute Gasteiger partial charge is 0.506 e. The fraction of sp³-hybridized carbons (Fsp3) is 0.389. The van der Waals surface area contributed by atoms with Gasteiger partial charge in [0.1, 0.15) is 11.5 Å². The van der Waals surface area contributed by atoms with Crippen LogP contribution in [0.3, 0.4) is 0 Å². The molecule has 2 amide bonds. The van der Waals surface area contributed by atoms with Crippen molar-refractivity contribution in [3.05, 3.63) is 82.9 Å². The molecule has 14 nitrogen and oxygen atoms in total. The number of amides is 2. The van der Waals surface area contributed by atoms with E-state index in [1.165, 1.54) is 35.4 Å². The van der Waals surface area contributed by atoms with Gasteiger partial charge in [-0.15, -0.1) is 0 Å². The maximum absolute atomic E-state index is 11.0. The lowest BCUT2D eigenvalue weighted by Crippen LogP contribution is -2.33. The number of unbranched alkanes of at least 4 members (excludes halogenated alkanes) is 2. The number of nitrogens with zero attached hydrogens (tertiary/aromatic N) is 1. The molecule has 3 aromatic rings. The average Bonchev–Trinajstić information content (AvgIpc) is 3.05. The number of carboxylic acid groups (broad SMARTS) is 2. The van der Waals surface area contributed by atoms with Crippen LogP contribution in [0.15, 0.2) is 60.7 Å². The molecule has 0 bridgehead atoms. The Bertz CT molecular complexity index is 1380. The van der Waals surface area contributed by atoms with Crippen molar-refractivity contribution in [1.82, 2.24) is 4.90 Å². The first kappa shape index (κ1) is 43.0. The third-order valence-electron chi connectivity index (χ3n) is 7.23. The summed E-state index contributed by atoms with van der Waals surface area (Å²) in [6.45, 7) is 3.86. The van der Waals surface area contributed by atoms with Crippen LogP contribution in [-0.2, 0) is 32.0 Å². The molecule has 10 N–H and O–H groups in total. The molecule has 0 aliphatic heterocycles. The second-order valence-electron chi connectivity index (χ2n) is 11.4. The molecule has 274 valence electrons. The Labute approximate surface area is 292 Å². The number of phenolic OH excluding ortho intramolecular Hbond substituents is 2. The summed E-state index contributed by atoms with van der Waals surface area (Å²) in [6.07, 6.45) is 4.76. The van der Waals surface area contributed by atoms with Gasteiger partial charge in [-0.2, -0.15) is 0 Å². The topological polar surface area (TPSA) is 243 Å². The number of benzene rings is 3. The van der Waals surface area contributed by atoms with Crippen molar-refractivity contribution in [2.45, 2.75) is 64.6 Å². The summed E-state index contributed by atoms with van der Waals surface area (Å²) in [5, 5.41) is 61.7. The fourth-order valence-electron chi connectivity index (χ4n) is 4.85. The van der Waals surface area contributed by atoms with E-state index >= 15 is 0 Å². The number of aliphatic hydroxyl groups excluding tert-OH is 2. The number of aryl methyl sites for hydroxylation is 2. The van der Waals surface area contributed by atoms with Gasteiger partial charge in [0.15, 0.2) is 0 Å². The molecule has 0 saturated carbocycles. The van der Waals surface area contributed by atoms with Crippen LogP contribution in [0.4, 0.5) is 11.4 Å². The second kappa shape index (κ2) is 24.2. The Balaban J connectivity index is 0.00000141. The molecule has 0 heterocycles. The van der Waals surface area contributed by atoms with E-state index in [9.17, 15) is 30.0 Å². The van der Waals surface area contributed by atoms with Crippen LogP contribution < -0.4 is 16.4 Å². The van der Waals surface area contributed by atoms with Crippen LogP contribution in [0.1, 0.15) is 74.0 Å². The standard InChI is InChI=1S/C32H42N4O6.2C2H4O2/c33-15-3-1-5-23-7-9-24(10-8-23)6-2-4-16-36(19-31(41)25-11-13-29(39)27(17-25)34-21-37)20-32(42)26-12-14-30(40)28(18-26)35-22-38;2*1-2(3)4/h7-14,17-18,21-22,31-32,39-42H,1-6,15-16,19-20,33H2,(H,34,37)(H,35,38);2*1H3,(H,3,4)/t31-,32-;;/m0../s1. The minimum Gasteiger partial charge on any atom is -0.506 e. The van der Waals surface area contributed by atoms with Gasteiger partial charge in [-0.25, -0.2) is 0 Å². The van der Waals surface area contributed by atoms with Crippen LogP contribution in [-0.4, -0.2) is 86.5 Å². The highest BCUT2D eigenvalue weighted by molar-refractivity contribution is 5.76. The quantitative estimate of drug-likeness (QED) is 0.0493. The predicted molar refractivity (Wildman–Crippen MR) is 190 cm³/mol. The van der Waals surface area contributed by atoms with Crippen LogP contribution in [0, 0.1) is 0 Å². The van der Waals surface area contributed by atoms with Crippen molar-refractivity contribution >= 4 is 36.1 Å². The van der Waals surface area contributed by atoms with Crippen molar-refractivity contribution in [3.8, 4) is 11.5 Å². The zero-order chi connectivity index (χ0) is 37.5. The number of phenols is 2. The minimum atomic E-state index is -0.955. The van der Waals surface area contributed by atoms with Gasteiger partial charge in [0.05, 0.1) is 23.6 Å². The van der Waals surface area contributed by atoms with Crippen molar-refractivity contribution in [2.24, 2.45) is 5.73 Å². The van der Waals surface area contributed by atoms with E-state index in [1.54, 1.807) is 12.1 Å². The van der Waals surface area contributed by atoms with Crippen LogP contribution in [0.2, 0.25) is 0 Å². The van der Waals surface area contributed by atoms with Gasteiger partial charge in [-0.05, 0) is 98.1 Å². The van der Waals surface area contributed by atoms with E-state index < -0.39 is 24.1 Å². The van der Waals surface area contributed by atoms with Gasteiger partial charge in [0.2, 0.25) is 12.8 Å². The molecule has 3 aromatic carbocycles. The van der Waals surface area contributed by atoms with E-state index in [4.69, 9.17) is 25.5 Å². The molecule has 50 heavy (non-hydrogen) atoms. The Kier molecular flexibility index (Phi) is 20.8. The smallest absolute Gasteiger partial charge is 0.300 e. The number of nitrogens with two attached hydrogens (primary N) is 1. The molecule has 2 atom stereocenters. The molecule has 0 aliphatic rings. The van der Waals surface area contributed by atoms with E-state index in [2.05, 4.69) is 34.9 Å². The number of carbonyl (C=O) groups is 4. The fourth-order valence-corrected chi connectivity index (χ4v) is 4.85. The third-order valence-corrected chi connectivity index (χ3v) is 7.23. The maximum atomic E-state index is 11.0. The van der Waals surface area contributed by atoms with E-state index in [0.29, 0.717) is 37.0 Å². The molecule has 0 unspecified atom stereocenters. The Morgan fingerprint density at radius 3 is 1.44 bits per heavy atom. The Morgan fingerprint density at radius 2 is 1.08 bits per heavy atom. The predicted octanol–water partition coefficient (Wildman–Crippen LogP) is 3.79. The van der Waals surface area contributed by atoms with E-state index in [0.717, 1.165) is 52.4 Å². The SMILES string of the molecule is CC(=O)O.CC(=O)O.NCCCCc1ccc(CCCCN(C[C@H](O)c2ccc(O)c(NC=O)c2)C[C@H](O)c2ccc(O)c(NC=O)c2)cc1. The number of anilines is 2. The molecule has 0 fully saturated rings. The Morgan fingerprint density at radius 1 is 0.700 bits per heavy atom. The van der Waals surface area contributed by atoms with Gasteiger partial charge in [0, 0.05) is 26.9 Å². The molecule has 0 aliphatic carbocycles. The number of aliphatic carboxylic acids is 2. The number of carboxylic acids is 2. The van der Waals surface area contributed by atoms with E-state index in [-0.39, 0.29) is 36.0 Å². The van der Waals surface area contributed by atoms with Crippen molar-refractivity contribution in [3.63, 3.8) is 0 Å². The van der Waals surface area contributed by atoms with Crippen molar-refractivity contribution in [2.75, 3.05) is 36.8 Å². The highest BCUT2D eigenvalue weighted by Gasteiger charge is 2.20. The summed E-state index contributed by atoms with van der Waals surface area (Å²) in [5.74, 6) is -1.89.